The molecule has 2 amide bonds. The SMILES string of the molecule is Cc1nn(C)c(C)c1NC(=O)[C@@H](C)OC(=O)CN1CCCCCC1=O. The molecule has 1 aromatic rings. The second-order valence-electron chi connectivity index (χ2n) is 6.42. The second-order valence-corrected chi connectivity index (χ2v) is 6.42. The lowest BCUT2D eigenvalue weighted by Gasteiger charge is -2.20. The van der Waals surface area contributed by atoms with Gasteiger partial charge in [0.15, 0.2) is 6.10 Å². The molecule has 1 fully saturated rings. The molecule has 0 spiro atoms. The lowest BCUT2D eigenvalue weighted by atomic mass is 10.2. The van der Waals surface area contributed by atoms with Crippen LogP contribution >= 0.6 is 0 Å². The average Bonchev–Trinajstić information content (AvgIpc) is 2.70. The molecule has 138 valence electrons. The molecule has 8 nitrogen and oxygen atoms in total. The Morgan fingerprint density at radius 3 is 2.64 bits per heavy atom. The minimum Gasteiger partial charge on any atom is -0.451 e. The summed E-state index contributed by atoms with van der Waals surface area (Å²) in [6.07, 6.45) is 2.23. The lowest BCUT2D eigenvalue weighted by molar-refractivity contribution is -0.156. The van der Waals surface area contributed by atoms with Crippen LogP contribution in [-0.2, 0) is 26.2 Å². The Morgan fingerprint density at radius 1 is 1.28 bits per heavy atom. The summed E-state index contributed by atoms with van der Waals surface area (Å²) in [5, 5.41) is 6.98. The molecule has 0 aromatic carbocycles. The quantitative estimate of drug-likeness (QED) is 0.808. The summed E-state index contributed by atoms with van der Waals surface area (Å²) in [5.41, 5.74) is 2.14. The zero-order valence-electron chi connectivity index (χ0n) is 15.3. The first-order valence-electron chi connectivity index (χ1n) is 8.58. The van der Waals surface area contributed by atoms with E-state index < -0.39 is 18.0 Å². The first kappa shape index (κ1) is 19.0. The van der Waals surface area contributed by atoms with Gasteiger partial charge in [0.25, 0.3) is 5.91 Å². The normalized spacial score (nSPS) is 16.3. The van der Waals surface area contributed by atoms with Crippen molar-refractivity contribution in [3.05, 3.63) is 11.4 Å². The van der Waals surface area contributed by atoms with Gasteiger partial charge in [0.2, 0.25) is 5.91 Å². The summed E-state index contributed by atoms with van der Waals surface area (Å²) >= 11 is 0. The van der Waals surface area contributed by atoms with Gasteiger partial charge in [-0.05, 0) is 33.6 Å². The van der Waals surface area contributed by atoms with Gasteiger partial charge >= 0.3 is 5.97 Å². The molecule has 1 atom stereocenters. The van der Waals surface area contributed by atoms with Crippen LogP contribution in [0.5, 0.6) is 0 Å². The number of hydrogen-bond acceptors (Lipinski definition) is 5. The number of rotatable bonds is 5. The number of nitrogens with one attached hydrogen (secondary N) is 1. The highest BCUT2D eigenvalue weighted by Crippen LogP contribution is 2.18. The Bertz CT molecular complexity index is 668. The van der Waals surface area contributed by atoms with Crippen LogP contribution in [0.15, 0.2) is 0 Å². The van der Waals surface area contributed by atoms with Crippen LogP contribution in [0.3, 0.4) is 0 Å². The monoisotopic (exact) mass is 350 g/mol. The molecule has 2 heterocycles. The summed E-state index contributed by atoms with van der Waals surface area (Å²) in [6.45, 7) is 5.60. The Labute approximate surface area is 147 Å². The van der Waals surface area contributed by atoms with Crippen molar-refractivity contribution in [3.8, 4) is 0 Å². The van der Waals surface area contributed by atoms with Gasteiger partial charge < -0.3 is 15.0 Å². The van der Waals surface area contributed by atoms with Gasteiger partial charge in [-0.1, -0.05) is 6.42 Å². The van der Waals surface area contributed by atoms with Crippen LogP contribution in [0.4, 0.5) is 5.69 Å². The van der Waals surface area contributed by atoms with E-state index in [-0.39, 0.29) is 12.5 Å². The Hall–Kier alpha value is -2.38. The number of anilines is 1. The van der Waals surface area contributed by atoms with E-state index in [9.17, 15) is 14.4 Å². The van der Waals surface area contributed by atoms with E-state index in [2.05, 4.69) is 10.4 Å². The van der Waals surface area contributed by atoms with E-state index in [4.69, 9.17) is 4.74 Å². The molecule has 0 saturated carbocycles. The standard InChI is InChI=1S/C17H26N4O4/c1-11-16(12(2)20(4)19-11)18-17(24)13(3)25-15(23)10-21-9-7-5-6-8-14(21)22/h13H,5-10H2,1-4H3,(H,18,24)/t13-/m1/s1. The predicted octanol–water partition coefficient (Wildman–Crippen LogP) is 1.31. The summed E-state index contributed by atoms with van der Waals surface area (Å²) in [7, 11) is 1.79. The van der Waals surface area contributed by atoms with E-state index >= 15 is 0 Å². The number of esters is 1. The van der Waals surface area contributed by atoms with Crippen LogP contribution in [-0.4, -0.2) is 51.7 Å². The fourth-order valence-electron chi connectivity index (χ4n) is 2.83. The maximum atomic E-state index is 12.3. The van der Waals surface area contributed by atoms with Crippen molar-refractivity contribution in [1.82, 2.24) is 14.7 Å². The maximum absolute atomic E-state index is 12.3. The first-order valence-corrected chi connectivity index (χ1v) is 8.58. The molecule has 0 radical (unpaired) electrons. The third-order valence-corrected chi connectivity index (χ3v) is 4.43. The number of hydrogen-bond donors (Lipinski definition) is 1. The molecule has 8 heteroatoms. The molecular formula is C17H26N4O4. The van der Waals surface area contributed by atoms with E-state index in [1.165, 1.54) is 11.8 Å². The second kappa shape index (κ2) is 8.13. The van der Waals surface area contributed by atoms with Crippen molar-refractivity contribution in [2.45, 2.75) is 52.6 Å². The largest absolute Gasteiger partial charge is 0.451 e. The fraction of sp³-hybridized carbons (Fsp3) is 0.647. The highest BCUT2D eigenvalue weighted by molar-refractivity contribution is 5.96. The molecule has 0 bridgehead atoms. The Morgan fingerprint density at radius 2 is 2.00 bits per heavy atom. The molecule has 2 rings (SSSR count). The lowest BCUT2D eigenvalue weighted by Crippen LogP contribution is -2.38. The molecule has 1 aliphatic heterocycles. The summed E-state index contributed by atoms with van der Waals surface area (Å²) in [4.78, 5) is 37.8. The van der Waals surface area contributed by atoms with Crippen LogP contribution in [0, 0.1) is 13.8 Å². The number of carbonyl (C=O) groups excluding carboxylic acids is 3. The van der Waals surface area contributed by atoms with Gasteiger partial charge in [-0.3, -0.25) is 19.1 Å². The number of aryl methyl sites for hydroxylation is 2. The van der Waals surface area contributed by atoms with Gasteiger partial charge in [-0.15, -0.1) is 0 Å². The van der Waals surface area contributed by atoms with Crippen molar-refractivity contribution < 1.29 is 19.1 Å². The van der Waals surface area contributed by atoms with Crippen molar-refractivity contribution in [2.75, 3.05) is 18.4 Å². The molecule has 1 aromatic heterocycles. The highest BCUT2D eigenvalue weighted by Gasteiger charge is 2.24. The summed E-state index contributed by atoms with van der Waals surface area (Å²) in [6, 6.07) is 0. The Balaban J connectivity index is 1.89. The maximum Gasteiger partial charge on any atom is 0.326 e. The number of nitrogens with zero attached hydrogens (tertiary/aromatic N) is 3. The van der Waals surface area contributed by atoms with Crippen molar-refractivity contribution in [3.63, 3.8) is 0 Å². The van der Waals surface area contributed by atoms with Gasteiger partial charge in [0, 0.05) is 20.0 Å². The molecule has 0 aliphatic carbocycles. The number of carbonyl (C=O) groups is 3. The molecule has 25 heavy (non-hydrogen) atoms. The number of likely N-dealkylation sites (tertiary alicyclic amines) is 1. The summed E-state index contributed by atoms with van der Waals surface area (Å²) in [5.74, 6) is -1.03. The van der Waals surface area contributed by atoms with Crippen LogP contribution in [0.25, 0.3) is 0 Å². The van der Waals surface area contributed by atoms with Gasteiger partial charge in [-0.25, -0.2) is 0 Å². The minimum atomic E-state index is -0.950. The van der Waals surface area contributed by atoms with Crippen molar-refractivity contribution in [2.24, 2.45) is 7.05 Å². The highest BCUT2D eigenvalue weighted by atomic mass is 16.5. The fourth-order valence-corrected chi connectivity index (χ4v) is 2.83. The number of amides is 2. The zero-order chi connectivity index (χ0) is 18.6. The Kier molecular flexibility index (Phi) is 6.17. The molecule has 0 unspecified atom stereocenters. The molecule has 1 aliphatic rings. The van der Waals surface area contributed by atoms with E-state index in [1.54, 1.807) is 18.7 Å². The first-order chi connectivity index (χ1) is 11.8. The van der Waals surface area contributed by atoms with Crippen LogP contribution in [0.2, 0.25) is 0 Å². The smallest absolute Gasteiger partial charge is 0.326 e. The van der Waals surface area contributed by atoms with E-state index in [0.717, 1.165) is 25.0 Å². The van der Waals surface area contributed by atoms with Crippen molar-refractivity contribution >= 4 is 23.5 Å². The zero-order valence-corrected chi connectivity index (χ0v) is 15.3. The number of ether oxygens (including phenoxy) is 1. The van der Waals surface area contributed by atoms with Gasteiger partial charge in [0.05, 0.1) is 17.1 Å². The van der Waals surface area contributed by atoms with Crippen molar-refractivity contribution in [1.29, 1.82) is 0 Å². The predicted molar refractivity (Wildman–Crippen MR) is 91.9 cm³/mol. The third-order valence-electron chi connectivity index (χ3n) is 4.43. The average molecular weight is 350 g/mol. The molecule has 1 saturated heterocycles. The molecular weight excluding hydrogens is 324 g/mol. The van der Waals surface area contributed by atoms with E-state index in [1.807, 2.05) is 6.92 Å². The minimum absolute atomic E-state index is 0.0341. The summed E-state index contributed by atoms with van der Waals surface area (Å²) < 4.78 is 6.86. The number of aromatic nitrogens is 2. The third kappa shape index (κ3) is 4.80. The van der Waals surface area contributed by atoms with E-state index in [0.29, 0.717) is 24.3 Å². The van der Waals surface area contributed by atoms with Gasteiger partial charge in [-0.2, -0.15) is 5.10 Å². The van der Waals surface area contributed by atoms with Crippen LogP contribution in [0.1, 0.15) is 44.0 Å². The molecule has 1 N–H and O–H groups in total. The van der Waals surface area contributed by atoms with Crippen LogP contribution < -0.4 is 5.32 Å². The topological polar surface area (TPSA) is 93.5 Å². The van der Waals surface area contributed by atoms with Gasteiger partial charge in [0.1, 0.15) is 6.54 Å².